The van der Waals surface area contributed by atoms with Crippen LogP contribution in [0.3, 0.4) is 0 Å². The summed E-state index contributed by atoms with van der Waals surface area (Å²) in [6, 6.07) is 10.2. The summed E-state index contributed by atoms with van der Waals surface area (Å²) in [6.07, 6.45) is 2.50. The Kier molecular flexibility index (Phi) is 2.16. The van der Waals surface area contributed by atoms with Crippen molar-refractivity contribution in [3.05, 3.63) is 42.1 Å². The molecular formula is C13H14N2O. The number of pyridine rings is 1. The van der Waals surface area contributed by atoms with Gasteiger partial charge in [0.2, 0.25) is 0 Å². The molecular weight excluding hydrogens is 200 g/mol. The summed E-state index contributed by atoms with van der Waals surface area (Å²) in [5.41, 5.74) is 1.59. The van der Waals surface area contributed by atoms with Crippen molar-refractivity contribution in [2.75, 3.05) is 13.1 Å². The molecule has 1 aliphatic heterocycles. The third-order valence-electron chi connectivity index (χ3n) is 3.11. The summed E-state index contributed by atoms with van der Waals surface area (Å²) in [5.74, 6) is 0. The molecule has 3 rings (SSSR count). The second-order valence-electron chi connectivity index (χ2n) is 4.54. The van der Waals surface area contributed by atoms with Crippen molar-refractivity contribution in [1.29, 1.82) is 0 Å². The predicted octanol–water partition coefficient (Wildman–Crippen LogP) is 1.11. The van der Waals surface area contributed by atoms with E-state index < -0.39 is 5.60 Å². The summed E-state index contributed by atoms with van der Waals surface area (Å²) in [4.78, 5) is 4.32. The van der Waals surface area contributed by atoms with E-state index in [1.807, 2.05) is 12.1 Å². The van der Waals surface area contributed by atoms with Gasteiger partial charge in [-0.05, 0) is 17.7 Å². The molecule has 0 saturated carbocycles. The first-order valence-corrected chi connectivity index (χ1v) is 5.52. The lowest BCUT2D eigenvalue weighted by Gasteiger charge is -2.37. The zero-order chi connectivity index (χ0) is 11.0. The van der Waals surface area contributed by atoms with Gasteiger partial charge in [0.1, 0.15) is 0 Å². The van der Waals surface area contributed by atoms with Crippen molar-refractivity contribution in [2.45, 2.75) is 12.0 Å². The van der Waals surface area contributed by atoms with Crippen LogP contribution in [0.25, 0.3) is 10.9 Å². The van der Waals surface area contributed by atoms with Crippen LogP contribution in [0.5, 0.6) is 0 Å². The van der Waals surface area contributed by atoms with Crippen LogP contribution in [0.1, 0.15) is 5.56 Å². The fourth-order valence-corrected chi connectivity index (χ4v) is 2.14. The summed E-state index contributed by atoms with van der Waals surface area (Å²) in [6.45, 7) is 1.38. The fraction of sp³-hybridized carbons (Fsp3) is 0.308. The number of aromatic nitrogens is 1. The zero-order valence-corrected chi connectivity index (χ0v) is 8.98. The normalized spacial score (nSPS) is 18.3. The maximum Gasteiger partial charge on any atom is 0.0935 e. The molecule has 16 heavy (non-hydrogen) atoms. The van der Waals surface area contributed by atoms with Crippen molar-refractivity contribution >= 4 is 10.9 Å². The first kappa shape index (κ1) is 9.75. The second-order valence-corrected chi connectivity index (χ2v) is 4.54. The number of aliphatic hydroxyl groups is 1. The van der Waals surface area contributed by atoms with Gasteiger partial charge in [0.15, 0.2) is 0 Å². The Balaban J connectivity index is 1.93. The highest BCUT2D eigenvalue weighted by Crippen LogP contribution is 2.20. The third kappa shape index (κ3) is 1.68. The van der Waals surface area contributed by atoms with E-state index in [0.717, 1.165) is 16.5 Å². The molecule has 1 fully saturated rings. The molecule has 3 heteroatoms. The van der Waals surface area contributed by atoms with Crippen LogP contribution in [-0.4, -0.2) is 28.8 Å². The molecule has 1 saturated heterocycles. The Morgan fingerprint density at radius 3 is 2.94 bits per heavy atom. The van der Waals surface area contributed by atoms with Gasteiger partial charge in [-0.3, -0.25) is 4.98 Å². The van der Waals surface area contributed by atoms with E-state index in [0.29, 0.717) is 19.5 Å². The van der Waals surface area contributed by atoms with Gasteiger partial charge < -0.3 is 10.4 Å². The predicted molar refractivity (Wildman–Crippen MR) is 63.3 cm³/mol. The van der Waals surface area contributed by atoms with Gasteiger partial charge >= 0.3 is 0 Å². The summed E-state index contributed by atoms with van der Waals surface area (Å²) in [5, 5.41) is 14.3. The Morgan fingerprint density at radius 2 is 2.19 bits per heavy atom. The number of benzene rings is 1. The van der Waals surface area contributed by atoms with Gasteiger partial charge in [-0.15, -0.1) is 0 Å². The Morgan fingerprint density at radius 1 is 1.31 bits per heavy atom. The largest absolute Gasteiger partial charge is 0.387 e. The van der Waals surface area contributed by atoms with Crippen molar-refractivity contribution < 1.29 is 5.11 Å². The molecule has 0 radical (unpaired) electrons. The molecule has 0 unspecified atom stereocenters. The van der Waals surface area contributed by atoms with Gasteiger partial charge in [0.05, 0.1) is 11.1 Å². The molecule has 1 aromatic heterocycles. The standard InChI is InChI=1S/C13H14N2O/c16-13(8-14-9-13)7-10-3-4-11-2-1-5-15-12(11)6-10/h1-6,14,16H,7-9H2. The van der Waals surface area contributed by atoms with Gasteiger partial charge in [0, 0.05) is 31.1 Å². The summed E-state index contributed by atoms with van der Waals surface area (Å²) < 4.78 is 0. The zero-order valence-electron chi connectivity index (χ0n) is 8.98. The lowest BCUT2D eigenvalue weighted by atomic mass is 9.89. The lowest BCUT2D eigenvalue weighted by Crippen LogP contribution is -2.60. The fourth-order valence-electron chi connectivity index (χ4n) is 2.14. The van der Waals surface area contributed by atoms with E-state index in [1.165, 1.54) is 0 Å². The molecule has 1 aromatic carbocycles. The minimum Gasteiger partial charge on any atom is -0.387 e. The Labute approximate surface area is 94.1 Å². The van der Waals surface area contributed by atoms with Crippen LogP contribution in [0.15, 0.2) is 36.5 Å². The molecule has 82 valence electrons. The number of hydrogen-bond acceptors (Lipinski definition) is 3. The average Bonchev–Trinajstić information content (AvgIpc) is 2.27. The van der Waals surface area contributed by atoms with E-state index >= 15 is 0 Å². The van der Waals surface area contributed by atoms with Gasteiger partial charge in [-0.2, -0.15) is 0 Å². The molecule has 3 nitrogen and oxygen atoms in total. The molecule has 0 spiro atoms. The van der Waals surface area contributed by atoms with Crippen LogP contribution >= 0.6 is 0 Å². The summed E-state index contributed by atoms with van der Waals surface area (Å²) >= 11 is 0. The van der Waals surface area contributed by atoms with Gasteiger partial charge in [0.25, 0.3) is 0 Å². The molecule has 0 bridgehead atoms. The minimum absolute atomic E-state index is 0.553. The monoisotopic (exact) mass is 214 g/mol. The van der Waals surface area contributed by atoms with E-state index in [-0.39, 0.29) is 0 Å². The quantitative estimate of drug-likeness (QED) is 0.787. The van der Waals surface area contributed by atoms with Crippen molar-refractivity contribution in [3.8, 4) is 0 Å². The van der Waals surface area contributed by atoms with E-state index in [2.05, 4.69) is 28.5 Å². The van der Waals surface area contributed by atoms with Gasteiger partial charge in [-0.25, -0.2) is 0 Å². The first-order valence-electron chi connectivity index (χ1n) is 5.52. The summed E-state index contributed by atoms with van der Waals surface area (Å²) in [7, 11) is 0. The smallest absolute Gasteiger partial charge is 0.0935 e. The van der Waals surface area contributed by atoms with E-state index in [1.54, 1.807) is 6.20 Å². The number of nitrogens with zero attached hydrogens (tertiary/aromatic N) is 1. The van der Waals surface area contributed by atoms with Crippen molar-refractivity contribution in [3.63, 3.8) is 0 Å². The van der Waals surface area contributed by atoms with Gasteiger partial charge in [-0.1, -0.05) is 18.2 Å². The molecule has 0 aliphatic carbocycles. The maximum absolute atomic E-state index is 10.1. The lowest BCUT2D eigenvalue weighted by molar-refractivity contribution is -0.00899. The molecule has 2 N–H and O–H groups in total. The third-order valence-corrected chi connectivity index (χ3v) is 3.11. The molecule has 2 heterocycles. The topological polar surface area (TPSA) is 45.2 Å². The molecule has 2 aromatic rings. The molecule has 1 aliphatic rings. The molecule has 0 atom stereocenters. The number of hydrogen-bond donors (Lipinski definition) is 2. The average molecular weight is 214 g/mol. The number of rotatable bonds is 2. The number of nitrogens with one attached hydrogen (secondary N) is 1. The first-order chi connectivity index (χ1) is 7.75. The second kappa shape index (κ2) is 3.54. The van der Waals surface area contributed by atoms with E-state index in [9.17, 15) is 5.11 Å². The van der Waals surface area contributed by atoms with Crippen molar-refractivity contribution in [1.82, 2.24) is 10.3 Å². The van der Waals surface area contributed by atoms with Crippen LogP contribution in [0.2, 0.25) is 0 Å². The van der Waals surface area contributed by atoms with Crippen molar-refractivity contribution in [2.24, 2.45) is 0 Å². The van der Waals surface area contributed by atoms with Crippen LogP contribution in [-0.2, 0) is 6.42 Å². The Bertz CT molecular complexity index is 520. The van der Waals surface area contributed by atoms with Crippen LogP contribution in [0, 0.1) is 0 Å². The Hall–Kier alpha value is -1.45. The highest BCUT2D eigenvalue weighted by molar-refractivity contribution is 5.78. The highest BCUT2D eigenvalue weighted by atomic mass is 16.3. The van der Waals surface area contributed by atoms with E-state index in [4.69, 9.17) is 0 Å². The highest BCUT2D eigenvalue weighted by Gasteiger charge is 2.34. The minimum atomic E-state index is -0.553. The van der Waals surface area contributed by atoms with Crippen LogP contribution < -0.4 is 5.32 Å². The SMILES string of the molecule is OC1(Cc2ccc3cccnc3c2)CNC1. The molecule has 0 amide bonds. The van der Waals surface area contributed by atoms with Crippen LogP contribution in [0.4, 0.5) is 0 Å². The number of β-amino-alcohol motifs (C(OH)–C–C–N with tert-alkyl or cyclic N) is 1. The maximum atomic E-state index is 10.1. The number of fused-ring (bicyclic) bond motifs is 1.